The van der Waals surface area contributed by atoms with Crippen LogP contribution in [-0.2, 0) is 26.4 Å². The van der Waals surface area contributed by atoms with Gasteiger partial charge in [0, 0.05) is 0 Å². The van der Waals surface area contributed by atoms with Gasteiger partial charge in [-0.25, -0.2) is 0 Å². The van der Waals surface area contributed by atoms with E-state index in [-0.39, 0.29) is 0 Å². The molecular weight excluding hydrogens is 345 g/mol. The molecule has 0 spiro atoms. The van der Waals surface area contributed by atoms with E-state index in [4.69, 9.17) is 0 Å². The van der Waals surface area contributed by atoms with Gasteiger partial charge >= 0.3 is 86.7 Å². The van der Waals surface area contributed by atoms with E-state index in [1.165, 1.54) is 0 Å². The maximum atomic E-state index is 4.38. The number of nitrogens with zero attached hydrogens (tertiary/aromatic N) is 2. The molecule has 0 aliphatic carbocycles. The zero-order valence-corrected chi connectivity index (χ0v) is 9.37. The topological polar surface area (TPSA) is 33.6 Å². The second kappa shape index (κ2) is 3.42. The minimum atomic E-state index is 0.910. The molecule has 0 unspecified atom stereocenters. The van der Waals surface area contributed by atoms with Gasteiger partial charge in [-0.3, -0.25) is 0 Å². The van der Waals surface area contributed by atoms with Gasteiger partial charge in [-0.2, -0.15) is 0 Å². The molecule has 0 aliphatic rings. The Kier molecular flexibility index (Phi) is 2.28. The molecule has 1 heterocycles. The fraction of sp³-hybridized carbons (Fsp3) is 0.111. The van der Waals surface area contributed by atoms with Gasteiger partial charge < -0.3 is 0 Å². The molecule has 0 bridgehead atoms. The summed E-state index contributed by atoms with van der Waals surface area (Å²) in [5, 5.41) is 3.16. The summed E-state index contributed by atoms with van der Waals surface area (Å²) in [4.78, 5) is 4.38. The third-order valence-electron chi connectivity index (χ3n) is 1.77. The normalized spacial score (nSPS) is 10.4. The van der Waals surface area contributed by atoms with E-state index < -0.39 is 0 Å². The second-order valence-corrected chi connectivity index (χ2v) is 3.75. The monoisotopic (exact) mass is 354 g/mol. The standard InChI is InChI=1S/C9H9N3.Pt/c1-12-7-10-9(11-12)8-5-3-2-4-6-8;/h2-6H,1H3,(H,10,11);. The van der Waals surface area contributed by atoms with Crippen LogP contribution in [0.25, 0.3) is 11.4 Å². The van der Waals surface area contributed by atoms with E-state index in [0.717, 1.165) is 15.2 Å². The minimum absolute atomic E-state index is 0.910. The number of aromatic nitrogens is 3. The van der Waals surface area contributed by atoms with Crippen molar-refractivity contribution in [3.8, 4) is 11.4 Å². The number of hydrogen-bond acceptors (Lipinski definition) is 1. The quantitative estimate of drug-likeness (QED) is 0.827. The zero-order chi connectivity index (χ0) is 9.26. The number of benzene rings is 1. The summed E-state index contributed by atoms with van der Waals surface area (Å²) in [6.07, 6.45) is 0. The molecule has 0 radical (unpaired) electrons. The van der Waals surface area contributed by atoms with Crippen LogP contribution in [0, 0.1) is 3.80 Å². The van der Waals surface area contributed by atoms with Crippen molar-refractivity contribution in [2.24, 2.45) is 7.05 Å². The summed E-state index contributed by atoms with van der Waals surface area (Å²) in [7, 11) is 1.95. The zero-order valence-electron chi connectivity index (χ0n) is 7.10. The van der Waals surface area contributed by atoms with Gasteiger partial charge in [-0.1, -0.05) is 0 Å². The van der Waals surface area contributed by atoms with Crippen LogP contribution in [0.15, 0.2) is 30.3 Å². The van der Waals surface area contributed by atoms with Gasteiger partial charge in [-0.15, -0.1) is 0 Å². The molecule has 70 valence electrons. The number of hydrogen-bond donors (Lipinski definition) is 1. The Morgan fingerprint density at radius 3 is 2.54 bits per heavy atom. The van der Waals surface area contributed by atoms with Crippen LogP contribution >= 0.6 is 0 Å². The molecule has 2 aromatic rings. The van der Waals surface area contributed by atoms with Gasteiger partial charge in [-0.05, 0) is 0 Å². The predicted molar refractivity (Wildman–Crippen MR) is 46.2 cm³/mol. The van der Waals surface area contributed by atoms with Gasteiger partial charge in [0.05, 0.1) is 0 Å². The fourth-order valence-corrected chi connectivity index (χ4v) is 1.49. The van der Waals surface area contributed by atoms with Crippen molar-refractivity contribution in [2.45, 2.75) is 0 Å². The van der Waals surface area contributed by atoms with E-state index in [2.05, 4.69) is 29.4 Å². The molecule has 0 atom stereocenters. The SMILES string of the molecule is Cn1[nH]c(-c2ccccc2)n[c]1=[Pt]. The first-order valence-corrected chi connectivity index (χ1v) is 5.05. The summed E-state index contributed by atoms with van der Waals surface area (Å²) in [6.45, 7) is 0. The van der Waals surface area contributed by atoms with Gasteiger partial charge in [0.25, 0.3) is 0 Å². The summed E-state index contributed by atoms with van der Waals surface area (Å²) in [5.74, 6) is 0.910. The first-order chi connectivity index (χ1) is 6.27. The third-order valence-corrected chi connectivity index (χ3v) is 2.79. The Bertz CT molecular complexity index is 455. The van der Waals surface area contributed by atoms with Crippen LogP contribution in [0.1, 0.15) is 0 Å². The van der Waals surface area contributed by atoms with Crippen molar-refractivity contribution in [3.05, 3.63) is 34.1 Å². The number of aryl methyl sites for hydroxylation is 1. The van der Waals surface area contributed by atoms with Crippen molar-refractivity contribution in [2.75, 3.05) is 0 Å². The molecule has 0 saturated heterocycles. The molecule has 0 fully saturated rings. The summed E-state index contributed by atoms with van der Waals surface area (Å²) >= 11 is 2.18. The van der Waals surface area contributed by atoms with Crippen LogP contribution in [0.4, 0.5) is 0 Å². The average Bonchev–Trinajstić information content (AvgIpc) is 2.49. The molecule has 1 aromatic heterocycles. The van der Waals surface area contributed by atoms with Crippen molar-refractivity contribution in [1.29, 1.82) is 0 Å². The van der Waals surface area contributed by atoms with Crippen molar-refractivity contribution in [1.82, 2.24) is 14.8 Å². The predicted octanol–water partition coefficient (Wildman–Crippen LogP) is 1.49. The van der Waals surface area contributed by atoms with E-state index in [1.54, 1.807) is 0 Å². The van der Waals surface area contributed by atoms with E-state index >= 15 is 0 Å². The molecule has 0 aliphatic heterocycles. The van der Waals surface area contributed by atoms with Crippen molar-refractivity contribution >= 4 is 0 Å². The van der Waals surface area contributed by atoms with Gasteiger partial charge in [0.15, 0.2) is 0 Å². The molecule has 3 nitrogen and oxygen atoms in total. The third kappa shape index (κ3) is 1.70. The second-order valence-electron chi connectivity index (χ2n) is 2.74. The van der Waals surface area contributed by atoms with Crippen LogP contribution < -0.4 is 0 Å². The van der Waals surface area contributed by atoms with Gasteiger partial charge in [0.1, 0.15) is 0 Å². The number of H-pyrrole nitrogens is 1. The van der Waals surface area contributed by atoms with E-state index in [0.29, 0.717) is 0 Å². The molecule has 13 heavy (non-hydrogen) atoms. The average molecular weight is 354 g/mol. The van der Waals surface area contributed by atoms with Crippen LogP contribution in [-0.4, -0.2) is 14.8 Å². The molecule has 0 saturated carbocycles. The Balaban J connectivity index is 2.54. The Morgan fingerprint density at radius 1 is 1.31 bits per heavy atom. The van der Waals surface area contributed by atoms with E-state index in [1.807, 2.05) is 42.1 Å². The summed E-state index contributed by atoms with van der Waals surface area (Å²) < 4.78 is 2.85. The number of rotatable bonds is 1. The summed E-state index contributed by atoms with van der Waals surface area (Å²) in [6, 6.07) is 10.1. The molecular formula is C9H9N3Pt. The number of aromatic amines is 1. The molecule has 4 heteroatoms. The number of nitrogens with one attached hydrogen (secondary N) is 1. The Hall–Kier alpha value is -0.952. The first-order valence-electron chi connectivity index (χ1n) is 3.91. The maximum absolute atomic E-state index is 4.38. The molecule has 1 aromatic carbocycles. The van der Waals surface area contributed by atoms with Crippen LogP contribution in [0.2, 0.25) is 0 Å². The van der Waals surface area contributed by atoms with Gasteiger partial charge in [0.2, 0.25) is 0 Å². The summed E-state index contributed by atoms with van der Waals surface area (Å²) in [5.41, 5.74) is 1.11. The molecule has 2 rings (SSSR count). The Labute approximate surface area is 86.8 Å². The van der Waals surface area contributed by atoms with E-state index in [9.17, 15) is 0 Å². The van der Waals surface area contributed by atoms with Crippen molar-refractivity contribution < 1.29 is 19.4 Å². The van der Waals surface area contributed by atoms with Crippen LogP contribution in [0.3, 0.4) is 0 Å². The first kappa shape index (κ1) is 8.64. The van der Waals surface area contributed by atoms with Crippen LogP contribution in [0.5, 0.6) is 0 Å². The molecule has 1 N–H and O–H groups in total. The molecule has 0 amide bonds. The Morgan fingerprint density at radius 2 is 2.00 bits per heavy atom. The van der Waals surface area contributed by atoms with Crippen molar-refractivity contribution in [3.63, 3.8) is 0 Å². The fourth-order valence-electron chi connectivity index (χ4n) is 1.11.